The zero-order chi connectivity index (χ0) is 26.0. The first-order valence-electron chi connectivity index (χ1n) is 11.8. The Balaban J connectivity index is 1.75. The van der Waals surface area contributed by atoms with Gasteiger partial charge in [0.2, 0.25) is 0 Å². The number of aromatic amines is 1. The van der Waals surface area contributed by atoms with Crippen molar-refractivity contribution < 1.29 is 23.5 Å². The number of nitrogens with zero attached hydrogens (tertiary/aromatic N) is 2. The van der Waals surface area contributed by atoms with Crippen molar-refractivity contribution in [3.8, 4) is 11.3 Å². The molecule has 0 saturated carbocycles. The van der Waals surface area contributed by atoms with E-state index < -0.39 is 17.7 Å². The molecule has 0 fully saturated rings. The zero-order valence-electron chi connectivity index (χ0n) is 20.7. The number of amides is 2. The molecule has 2 aromatic heterocycles. The molecule has 1 aliphatic heterocycles. The lowest BCUT2D eigenvalue weighted by Gasteiger charge is -2.26. The topological polar surface area (TPSA) is 104 Å². The molecule has 2 N–H and O–H groups in total. The van der Waals surface area contributed by atoms with E-state index in [1.807, 2.05) is 30.3 Å². The van der Waals surface area contributed by atoms with Crippen LogP contribution < -0.4 is 5.32 Å². The summed E-state index contributed by atoms with van der Waals surface area (Å²) in [5.74, 6) is -0.806. The maximum atomic E-state index is 14.1. The monoisotopic (exact) mass is 492 g/mol. The van der Waals surface area contributed by atoms with Crippen LogP contribution in [0.15, 0.2) is 48.7 Å². The van der Waals surface area contributed by atoms with Gasteiger partial charge in [0.25, 0.3) is 5.91 Å². The molecular formula is C27H29FN4O4. The lowest BCUT2D eigenvalue weighted by molar-refractivity contribution is -0.125. The molecule has 4 rings (SSSR count). The first kappa shape index (κ1) is 25.1. The first-order valence-corrected chi connectivity index (χ1v) is 11.8. The number of carbonyl (C=O) groups is 3. The van der Waals surface area contributed by atoms with Crippen molar-refractivity contribution in [1.82, 2.24) is 14.9 Å². The predicted octanol–water partition coefficient (Wildman–Crippen LogP) is 4.90. The van der Waals surface area contributed by atoms with Crippen LogP contribution >= 0.6 is 0 Å². The highest BCUT2D eigenvalue weighted by molar-refractivity contribution is 6.04. The number of hydrogen-bond donors (Lipinski definition) is 2. The van der Waals surface area contributed by atoms with Crippen LogP contribution in [0.25, 0.3) is 11.3 Å². The number of benzene rings is 1. The van der Waals surface area contributed by atoms with Crippen LogP contribution in [0.1, 0.15) is 54.9 Å². The Morgan fingerprint density at radius 2 is 1.92 bits per heavy atom. The summed E-state index contributed by atoms with van der Waals surface area (Å²) in [5, 5.41) is 2.50. The fraction of sp³-hybridized carbons (Fsp3) is 0.333. The molecule has 188 valence electrons. The van der Waals surface area contributed by atoms with Crippen molar-refractivity contribution in [2.75, 3.05) is 11.9 Å². The van der Waals surface area contributed by atoms with Crippen LogP contribution in [0.2, 0.25) is 0 Å². The van der Waals surface area contributed by atoms with E-state index in [4.69, 9.17) is 4.74 Å². The molecule has 1 aromatic carbocycles. The fourth-order valence-corrected chi connectivity index (χ4v) is 4.10. The standard InChI is InChI=1S/C27H29FN4O4/c1-16(2)36-26(35)32-14-20-23(21(33)15-32)19(12-17-8-6-5-7-9-17)24(30-20)18-10-11-29-22(13-18)31-25(34)27(3,4)28/h5-11,13,16,30H,12,14-15H2,1-4H3,(H,29,31,34). The second-order valence-corrected chi connectivity index (χ2v) is 9.56. The summed E-state index contributed by atoms with van der Waals surface area (Å²) in [6, 6.07) is 13.1. The molecule has 8 nitrogen and oxygen atoms in total. The van der Waals surface area contributed by atoms with Gasteiger partial charge in [0, 0.05) is 29.4 Å². The molecule has 1 aliphatic rings. The third-order valence-electron chi connectivity index (χ3n) is 5.79. The number of halogens is 1. The maximum absolute atomic E-state index is 14.1. The molecule has 2 amide bonds. The number of nitrogens with one attached hydrogen (secondary N) is 2. The van der Waals surface area contributed by atoms with Gasteiger partial charge in [0.15, 0.2) is 11.5 Å². The zero-order valence-corrected chi connectivity index (χ0v) is 20.7. The summed E-state index contributed by atoms with van der Waals surface area (Å²) in [4.78, 5) is 46.8. The van der Waals surface area contributed by atoms with E-state index in [1.54, 1.807) is 26.0 Å². The van der Waals surface area contributed by atoms with Gasteiger partial charge in [-0.15, -0.1) is 0 Å². The third kappa shape index (κ3) is 5.45. The number of carbonyl (C=O) groups excluding carboxylic acids is 3. The number of rotatable bonds is 6. The van der Waals surface area contributed by atoms with E-state index in [0.717, 1.165) is 11.1 Å². The molecular weight excluding hydrogens is 463 g/mol. The van der Waals surface area contributed by atoms with Crippen molar-refractivity contribution in [3.05, 3.63) is 71.0 Å². The van der Waals surface area contributed by atoms with E-state index >= 15 is 0 Å². The van der Waals surface area contributed by atoms with E-state index in [9.17, 15) is 18.8 Å². The summed E-state index contributed by atoms with van der Waals surface area (Å²) in [6.45, 7) is 5.96. The van der Waals surface area contributed by atoms with Gasteiger partial charge in [-0.2, -0.15) is 0 Å². The third-order valence-corrected chi connectivity index (χ3v) is 5.79. The van der Waals surface area contributed by atoms with Crippen LogP contribution in [0, 0.1) is 0 Å². The Bertz CT molecular complexity index is 1290. The molecule has 9 heteroatoms. The van der Waals surface area contributed by atoms with Crippen LogP contribution in [-0.4, -0.2) is 51.0 Å². The summed E-state index contributed by atoms with van der Waals surface area (Å²) in [5.41, 5.74) is 2.23. The van der Waals surface area contributed by atoms with Crippen LogP contribution in [0.5, 0.6) is 0 Å². The number of ketones is 1. The normalized spacial score (nSPS) is 13.5. The Morgan fingerprint density at radius 3 is 2.58 bits per heavy atom. The number of H-pyrrole nitrogens is 1. The molecule has 0 radical (unpaired) electrons. The average molecular weight is 493 g/mol. The van der Waals surface area contributed by atoms with Crippen LogP contribution in [-0.2, 0) is 22.5 Å². The summed E-state index contributed by atoms with van der Waals surface area (Å²) >= 11 is 0. The largest absolute Gasteiger partial charge is 0.447 e. The molecule has 36 heavy (non-hydrogen) atoms. The number of ether oxygens (including phenoxy) is 1. The van der Waals surface area contributed by atoms with Crippen molar-refractivity contribution in [2.45, 2.75) is 52.4 Å². The lowest BCUT2D eigenvalue weighted by atomic mass is 9.93. The Hall–Kier alpha value is -4.01. The molecule has 3 heterocycles. The lowest BCUT2D eigenvalue weighted by Crippen LogP contribution is -2.40. The molecule has 0 atom stereocenters. The van der Waals surface area contributed by atoms with Gasteiger partial charge in [-0.1, -0.05) is 30.3 Å². The van der Waals surface area contributed by atoms with Crippen molar-refractivity contribution in [1.29, 1.82) is 0 Å². The van der Waals surface area contributed by atoms with Gasteiger partial charge in [-0.3, -0.25) is 14.5 Å². The highest BCUT2D eigenvalue weighted by atomic mass is 19.1. The minimum atomic E-state index is -2.07. The fourth-order valence-electron chi connectivity index (χ4n) is 4.10. The quantitative estimate of drug-likeness (QED) is 0.510. The number of anilines is 1. The number of fused-ring (bicyclic) bond motifs is 1. The Labute approximate surface area is 208 Å². The number of Topliss-reactive ketones (excluding diaryl/α,β-unsaturated/α-hetero) is 1. The molecule has 0 saturated heterocycles. The summed E-state index contributed by atoms with van der Waals surface area (Å²) in [6.07, 6.45) is 1.14. The minimum absolute atomic E-state index is 0.0825. The van der Waals surface area contributed by atoms with Crippen LogP contribution in [0.4, 0.5) is 15.0 Å². The molecule has 3 aromatic rings. The van der Waals surface area contributed by atoms with Gasteiger partial charge in [0.1, 0.15) is 5.82 Å². The smallest absolute Gasteiger partial charge is 0.410 e. The summed E-state index contributed by atoms with van der Waals surface area (Å²) < 4.78 is 19.3. The van der Waals surface area contributed by atoms with Gasteiger partial charge in [0.05, 0.1) is 24.9 Å². The van der Waals surface area contributed by atoms with E-state index in [0.29, 0.717) is 28.9 Å². The number of alkyl halides is 1. The van der Waals surface area contributed by atoms with Gasteiger partial charge >= 0.3 is 6.09 Å². The highest BCUT2D eigenvalue weighted by Crippen LogP contribution is 2.34. The molecule has 0 bridgehead atoms. The second kappa shape index (κ2) is 9.93. The molecule has 0 aliphatic carbocycles. The highest BCUT2D eigenvalue weighted by Gasteiger charge is 2.33. The Kier molecular flexibility index (Phi) is 6.92. The maximum Gasteiger partial charge on any atom is 0.410 e. The minimum Gasteiger partial charge on any atom is -0.447 e. The van der Waals surface area contributed by atoms with E-state index in [-0.39, 0.29) is 30.8 Å². The first-order chi connectivity index (χ1) is 17.0. The van der Waals surface area contributed by atoms with E-state index in [2.05, 4.69) is 15.3 Å². The van der Waals surface area contributed by atoms with Gasteiger partial charge in [-0.05, 0) is 51.0 Å². The van der Waals surface area contributed by atoms with Crippen molar-refractivity contribution in [2.24, 2.45) is 0 Å². The SMILES string of the molecule is CC(C)OC(=O)N1CC(=O)c2c([nH]c(-c3ccnc(NC(=O)C(C)(C)F)c3)c2Cc2ccccc2)C1. The number of pyridine rings is 1. The van der Waals surface area contributed by atoms with E-state index in [1.165, 1.54) is 24.9 Å². The summed E-state index contributed by atoms with van der Waals surface area (Å²) in [7, 11) is 0. The molecule has 0 unspecified atom stereocenters. The van der Waals surface area contributed by atoms with Crippen molar-refractivity contribution in [3.63, 3.8) is 0 Å². The second-order valence-electron chi connectivity index (χ2n) is 9.56. The Morgan fingerprint density at radius 1 is 1.19 bits per heavy atom. The van der Waals surface area contributed by atoms with Gasteiger partial charge in [-0.25, -0.2) is 14.2 Å². The molecule has 0 spiro atoms. The van der Waals surface area contributed by atoms with Crippen LogP contribution in [0.3, 0.4) is 0 Å². The van der Waals surface area contributed by atoms with Crippen molar-refractivity contribution >= 4 is 23.6 Å². The number of hydrogen-bond acceptors (Lipinski definition) is 5. The predicted molar refractivity (Wildman–Crippen MR) is 133 cm³/mol. The van der Waals surface area contributed by atoms with Gasteiger partial charge < -0.3 is 15.0 Å². The average Bonchev–Trinajstić information content (AvgIpc) is 3.17. The number of aromatic nitrogens is 2.